The van der Waals surface area contributed by atoms with Gasteiger partial charge in [-0.3, -0.25) is 4.90 Å². The number of nitrogens with zero attached hydrogens (tertiary/aromatic N) is 2. The summed E-state index contributed by atoms with van der Waals surface area (Å²) in [6.45, 7) is 3.02. The van der Waals surface area contributed by atoms with Crippen LogP contribution in [0.25, 0.3) is 22.6 Å². The van der Waals surface area contributed by atoms with Crippen molar-refractivity contribution in [2.45, 2.75) is 18.8 Å². The minimum absolute atomic E-state index is 0.286. The average Bonchev–Trinajstić information content (AvgIpc) is 3.09. The average molecular weight is 364 g/mol. The third kappa shape index (κ3) is 2.92. The van der Waals surface area contributed by atoms with Gasteiger partial charge in [-0.15, -0.1) is 0 Å². The van der Waals surface area contributed by atoms with Crippen LogP contribution in [-0.2, 0) is 0 Å². The molecule has 1 fully saturated rings. The van der Waals surface area contributed by atoms with E-state index in [4.69, 9.17) is 9.26 Å². The van der Waals surface area contributed by atoms with Gasteiger partial charge in [-0.05, 0) is 73.0 Å². The predicted molar refractivity (Wildman–Crippen MR) is 103 cm³/mol. The van der Waals surface area contributed by atoms with E-state index in [1.165, 1.54) is 28.8 Å². The fraction of sp³-hybridized carbons (Fsp3) is 0.318. The lowest BCUT2D eigenvalue weighted by Crippen LogP contribution is -2.34. The molecule has 2 aromatic carbocycles. The lowest BCUT2D eigenvalue weighted by Gasteiger charge is -2.33. The molecule has 3 aromatic rings. The SMILES string of the molecule is COc1ccc2c(c1)C(CN1CCC(c3noc4cc(F)ccc34)CC1)=C2. The molecule has 0 atom stereocenters. The molecule has 1 saturated heterocycles. The zero-order valence-corrected chi connectivity index (χ0v) is 15.2. The minimum Gasteiger partial charge on any atom is -0.497 e. The molecule has 2 heterocycles. The van der Waals surface area contributed by atoms with Gasteiger partial charge in [0.15, 0.2) is 5.58 Å². The van der Waals surface area contributed by atoms with Crippen LogP contribution in [-0.4, -0.2) is 36.8 Å². The van der Waals surface area contributed by atoms with Crippen molar-refractivity contribution in [2.24, 2.45) is 0 Å². The summed E-state index contributed by atoms with van der Waals surface area (Å²) in [6.07, 6.45) is 4.34. The number of likely N-dealkylation sites (tertiary alicyclic amines) is 1. The van der Waals surface area contributed by atoms with Crippen molar-refractivity contribution in [1.82, 2.24) is 10.1 Å². The summed E-state index contributed by atoms with van der Waals surface area (Å²) in [5.74, 6) is 0.994. The van der Waals surface area contributed by atoms with E-state index in [-0.39, 0.29) is 5.82 Å². The first-order valence-corrected chi connectivity index (χ1v) is 9.37. The van der Waals surface area contributed by atoms with Crippen molar-refractivity contribution in [1.29, 1.82) is 0 Å². The normalized spacial score (nSPS) is 17.5. The van der Waals surface area contributed by atoms with Gasteiger partial charge in [-0.25, -0.2) is 4.39 Å². The molecule has 27 heavy (non-hydrogen) atoms. The number of methoxy groups -OCH3 is 1. The smallest absolute Gasteiger partial charge is 0.170 e. The molecule has 2 aliphatic rings. The lowest BCUT2D eigenvalue weighted by atomic mass is 9.86. The molecular formula is C22H21FN2O2. The van der Waals surface area contributed by atoms with Crippen LogP contribution in [0.5, 0.6) is 5.75 Å². The highest BCUT2D eigenvalue weighted by Crippen LogP contribution is 2.37. The number of ether oxygens (including phenoxy) is 1. The van der Waals surface area contributed by atoms with Crippen LogP contribution < -0.4 is 4.74 Å². The van der Waals surface area contributed by atoms with E-state index < -0.39 is 0 Å². The summed E-state index contributed by atoms with van der Waals surface area (Å²) in [5, 5.41) is 5.18. The Morgan fingerprint density at radius 2 is 2.04 bits per heavy atom. The second-order valence-electron chi connectivity index (χ2n) is 7.38. The molecule has 0 saturated carbocycles. The van der Waals surface area contributed by atoms with Gasteiger partial charge >= 0.3 is 0 Å². The molecule has 5 rings (SSSR count). The van der Waals surface area contributed by atoms with E-state index in [0.717, 1.165) is 49.3 Å². The number of hydrogen-bond acceptors (Lipinski definition) is 4. The van der Waals surface area contributed by atoms with Gasteiger partial charge in [0.25, 0.3) is 0 Å². The third-order valence-corrected chi connectivity index (χ3v) is 5.77. The van der Waals surface area contributed by atoms with Crippen molar-refractivity contribution in [3.8, 4) is 5.75 Å². The molecule has 0 spiro atoms. The summed E-state index contributed by atoms with van der Waals surface area (Å²) < 4.78 is 24.0. The quantitative estimate of drug-likeness (QED) is 0.672. The summed E-state index contributed by atoms with van der Waals surface area (Å²) in [5.41, 5.74) is 5.49. The van der Waals surface area contributed by atoms with Crippen LogP contribution >= 0.6 is 0 Å². The van der Waals surface area contributed by atoms with Gasteiger partial charge < -0.3 is 9.26 Å². The first-order valence-electron chi connectivity index (χ1n) is 9.37. The van der Waals surface area contributed by atoms with E-state index in [0.29, 0.717) is 11.5 Å². The summed E-state index contributed by atoms with van der Waals surface area (Å²) in [6, 6.07) is 10.9. The molecule has 4 nitrogen and oxygen atoms in total. The molecule has 1 aromatic heterocycles. The number of piperidine rings is 1. The Balaban J connectivity index is 1.24. The highest BCUT2D eigenvalue weighted by atomic mass is 19.1. The van der Waals surface area contributed by atoms with Gasteiger partial charge in [-0.2, -0.15) is 0 Å². The first-order chi connectivity index (χ1) is 13.2. The third-order valence-electron chi connectivity index (χ3n) is 5.77. The fourth-order valence-electron chi connectivity index (χ4n) is 4.22. The predicted octanol–water partition coefficient (Wildman–Crippen LogP) is 4.71. The topological polar surface area (TPSA) is 38.5 Å². The van der Waals surface area contributed by atoms with E-state index in [1.54, 1.807) is 13.2 Å². The largest absolute Gasteiger partial charge is 0.497 e. The zero-order valence-electron chi connectivity index (χ0n) is 15.2. The van der Waals surface area contributed by atoms with Gasteiger partial charge in [0.2, 0.25) is 0 Å². The van der Waals surface area contributed by atoms with Crippen LogP contribution in [0.2, 0.25) is 0 Å². The molecule has 1 aliphatic carbocycles. The van der Waals surface area contributed by atoms with Crippen LogP contribution in [0.4, 0.5) is 4.39 Å². The van der Waals surface area contributed by atoms with Crippen LogP contribution in [0.1, 0.15) is 35.6 Å². The molecular weight excluding hydrogens is 343 g/mol. The van der Waals surface area contributed by atoms with Gasteiger partial charge in [-0.1, -0.05) is 11.2 Å². The maximum absolute atomic E-state index is 13.3. The number of benzene rings is 2. The van der Waals surface area contributed by atoms with Crippen LogP contribution in [0.15, 0.2) is 40.9 Å². The summed E-state index contributed by atoms with van der Waals surface area (Å²) in [4.78, 5) is 2.49. The Bertz CT molecular complexity index is 1030. The highest BCUT2D eigenvalue weighted by molar-refractivity contribution is 5.96. The maximum Gasteiger partial charge on any atom is 0.170 e. The zero-order chi connectivity index (χ0) is 18.4. The van der Waals surface area contributed by atoms with Crippen molar-refractivity contribution in [3.05, 3.63) is 59.0 Å². The van der Waals surface area contributed by atoms with E-state index >= 15 is 0 Å². The Morgan fingerprint density at radius 3 is 2.85 bits per heavy atom. The van der Waals surface area contributed by atoms with Gasteiger partial charge in [0, 0.05) is 23.9 Å². The monoisotopic (exact) mass is 364 g/mol. The molecule has 0 radical (unpaired) electrons. The molecule has 0 N–H and O–H groups in total. The van der Waals surface area contributed by atoms with Crippen LogP contribution in [0.3, 0.4) is 0 Å². The standard InChI is InChI=1S/C22H21FN2O2/c1-26-18-4-2-15-10-16(20(15)12-18)13-25-8-6-14(7-9-25)22-19-5-3-17(23)11-21(19)27-24-22/h2-5,10-12,14H,6-9,13H2,1H3. The molecule has 0 amide bonds. The Hall–Kier alpha value is -2.66. The van der Waals surface area contributed by atoms with Crippen LogP contribution in [0, 0.1) is 5.82 Å². The van der Waals surface area contributed by atoms with E-state index in [1.807, 2.05) is 6.07 Å². The molecule has 0 bridgehead atoms. The lowest BCUT2D eigenvalue weighted by molar-refractivity contribution is 0.231. The van der Waals surface area contributed by atoms with Crippen molar-refractivity contribution < 1.29 is 13.7 Å². The second-order valence-corrected chi connectivity index (χ2v) is 7.38. The second kappa shape index (κ2) is 6.50. The number of hydrogen-bond donors (Lipinski definition) is 0. The van der Waals surface area contributed by atoms with Crippen molar-refractivity contribution in [2.75, 3.05) is 26.7 Å². The molecule has 138 valence electrons. The molecule has 1 aliphatic heterocycles. The first kappa shape index (κ1) is 16.5. The number of fused-ring (bicyclic) bond motifs is 2. The fourth-order valence-corrected chi connectivity index (χ4v) is 4.22. The number of aromatic nitrogens is 1. The maximum atomic E-state index is 13.3. The molecule has 5 heteroatoms. The van der Waals surface area contributed by atoms with Gasteiger partial charge in [0.05, 0.1) is 12.8 Å². The summed E-state index contributed by atoms with van der Waals surface area (Å²) >= 11 is 0. The number of rotatable bonds is 4. The van der Waals surface area contributed by atoms with Crippen molar-refractivity contribution >= 4 is 22.6 Å². The number of halogens is 1. The Labute approximate surface area is 157 Å². The highest BCUT2D eigenvalue weighted by Gasteiger charge is 2.27. The Morgan fingerprint density at radius 1 is 1.19 bits per heavy atom. The van der Waals surface area contributed by atoms with E-state index in [9.17, 15) is 4.39 Å². The Kier molecular flexibility index (Phi) is 3.97. The molecule has 0 unspecified atom stereocenters. The van der Waals surface area contributed by atoms with Gasteiger partial charge in [0.1, 0.15) is 11.6 Å². The summed E-state index contributed by atoms with van der Waals surface area (Å²) in [7, 11) is 1.70. The van der Waals surface area contributed by atoms with Crippen molar-refractivity contribution in [3.63, 3.8) is 0 Å². The minimum atomic E-state index is -0.286. The van der Waals surface area contributed by atoms with E-state index in [2.05, 4.69) is 28.3 Å².